The van der Waals surface area contributed by atoms with Crippen LogP contribution in [-0.2, 0) is 19.1 Å². The van der Waals surface area contributed by atoms with E-state index < -0.39 is 5.41 Å². The summed E-state index contributed by atoms with van der Waals surface area (Å²) in [6.45, 7) is 5.74. The molecule has 2 aliphatic rings. The van der Waals surface area contributed by atoms with Gasteiger partial charge < -0.3 is 9.47 Å². The van der Waals surface area contributed by atoms with Crippen LogP contribution in [0.25, 0.3) is 0 Å². The van der Waals surface area contributed by atoms with Crippen LogP contribution in [-0.4, -0.2) is 25.2 Å². The van der Waals surface area contributed by atoms with Crippen LogP contribution in [0.1, 0.15) is 46.5 Å². The van der Waals surface area contributed by atoms with Crippen LogP contribution in [0, 0.1) is 23.2 Å². The second kappa shape index (κ2) is 5.51. The summed E-state index contributed by atoms with van der Waals surface area (Å²) in [4.78, 5) is 23.4. The van der Waals surface area contributed by atoms with Crippen LogP contribution in [0.5, 0.6) is 0 Å². The molecular weight excluding hydrogens is 244 g/mol. The second-order valence-electron chi connectivity index (χ2n) is 6.83. The normalized spacial score (nSPS) is 29.3. The number of carbonyl (C=O) groups is 2. The molecule has 4 nitrogen and oxygen atoms in total. The zero-order valence-electron chi connectivity index (χ0n) is 12.1. The zero-order chi connectivity index (χ0) is 14.0. The van der Waals surface area contributed by atoms with Crippen molar-refractivity contribution in [3.63, 3.8) is 0 Å². The van der Waals surface area contributed by atoms with Crippen molar-refractivity contribution in [3.8, 4) is 0 Å². The molecule has 0 amide bonds. The first-order valence-electron chi connectivity index (χ1n) is 7.22. The highest BCUT2D eigenvalue weighted by Crippen LogP contribution is 2.48. The molecule has 4 heteroatoms. The van der Waals surface area contributed by atoms with E-state index in [1.807, 2.05) is 0 Å². The lowest BCUT2D eigenvalue weighted by Gasteiger charge is -2.20. The molecule has 2 saturated carbocycles. The van der Waals surface area contributed by atoms with Gasteiger partial charge in [0.15, 0.2) is 0 Å². The Balaban J connectivity index is 1.64. The number of carbonyl (C=O) groups excluding carboxylic acids is 2. The molecule has 0 aromatic rings. The Morgan fingerprint density at radius 3 is 2.26 bits per heavy atom. The van der Waals surface area contributed by atoms with Crippen molar-refractivity contribution in [3.05, 3.63) is 0 Å². The smallest absolute Gasteiger partial charge is 0.311 e. The van der Waals surface area contributed by atoms with Gasteiger partial charge in [-0.2, -0.15) is 0 Å². The fraction of sp³-hybridized carbons (Fsp3) is 0.867. The van der Waals surface area contributed by atoms with E-state index in [2.05, 4.69) is 0 Å². The van der Waals surface area contributed by atoms with Crippen molar-refractivity contribution in [2.75, 3.05) is 13.2 Å². The van der Waals surface area contributed by atoms with Crippen LogP contribution in [0.4, 0.5) is 0 Å². The zero-order valence-corrected chi connectivity index (χ0v) is 12.1. The van der Waals surface area contributed by atoms with E-state index in [1.165, 1.54) is 19.3 Å². The third-order valence-electron chi connectivity index (χ3n) is 4.21. The van der Waals surface area contributed by atoms with Crippen LogP contribution in [0.3, 0.4) is 0 Å². The molecule has 2 rings (SSSR count). The Morgan fingerprint density at radius 1 is 1.05 bits per heavy atom. The fourth-order valence-electron chi connectivity index (χ4n) is 3.13. The molecule has 0 aliphatic heterocycles. The van der Waals surface area contributed by atoms with Gasteiger partial charge in [0.25, 0.3) is 0 Å². The summed E-state index contributed by atoms with van der Waals surface area (Å²) in [5.74, 6) is 1.01. The minimum absolute atomic E-state index is 0.0945. The summed E-state index contributed by atoms with van der Waals surface area (Å²) in [6.07, 6.45) is 4.63. The van der Waals surface area contributed by atoms with Crippen molar-refractivity contribution in [1.29, 1.82) is 0 Å². The number of rotatable bonds is 4. The van der Waals surface area contributed by atoms with Crippen molar-refractivity contribution in [1.82, 2.24) is 0 Å². The number of fused-ring (bicyclic) bond motifs is 2. The van der Waals surface area contributed by atoms with Gasteiger partial charge >= 0.3 is 11.9 Å². The van der Waals surface area contributed by atoms with Crippen LogP contribution in [0.2, 0.25) is 0 Å². The van der Waals surface area contributed by atoms with Gasteiger partial charge in [-0.25, -0.2) is 0 Å². The first-order chi connectivity index (χ1) is 8.88. The summed E-state index contributed by atoms with van der Waals surface area (Å²) in [5.41, 5.74) is -0.505. The lowest BCUT2D eigenvalue weighted by atomic mass is 9.89. The van der Waals surface area contributed by atoms with Crippen LogP contribution >= 0.6 is 0 Å². The Labute approximate surface area is 114 Å². The van der Waals surface area contributed by atoms with E-state index in [1.54, 1.807) is 20.8 Å². The van der Waals surface area contributed by atoms with E-state index in [-0.39, 0.29) is 31.1 Å². The predicted molar refractivity (Wildman–Crippen MR) is 70.3 cm³/mol. The number of hydrogen-bond donors (Lipinski definition) is 0. The first-order valence-corrected chi connectivity index (χ1v) is 7.22. The average molecular weight is 268 g/mol. The van der Waals surface area contributed by atoms with Gasteiger partial charge in [-0.05, 0) is 51.9 Å². The number of hydrogen-bond acceptors (Lipinski definition) is 4. The van der Waals surface area contributed by atoms with Crippen molar-refractivity contribution < 1.29 is 19.1 Å². The molecule has 2 aliphatic carbocycles. The Hall–Kier alpha value is -1.06. The maximum absolute atomic E-state index is 11.9. The highest BCUT2D eigenvalue weighted by atomic mass is 16.6. The Morgan fingerprint density at radius 2 is 1.74 bits per heavy atom. The summed E-state index contributed by atoms with van der Waals surface area (Å²) in [5, 5.41) is 0. The fourth-order valence-corrected chi connectivity index (χ4v) is 3.13. The highest BCUT2D eigenvalue weighted by molar-refractivity contribution is 5.75. The van der Waals surface area contributed by atoms with Gasteiger partial charge in [-0.1, -0.05) is 6.42 Å². The van der Waals surface area contributed by atoms with Crippen molar-refractivity contribution >= 4 is 11.9 Å². The molecule has 0 heterocycles. The molecule has 2 bridgehead atoms. The molecular formula is C15H24O4. The standard InChI is InChI=1S/C15H24O4/c1-15(2,3)14(17)19-7-6-18-13(16)12-9-10-4-5-11(12)8-10/h10-12H,4-9H2,1-3H3. The molecule has 0 radical (unpaired) electrons. The molecule has 3 unspecified atom stereocenters. The van der Waals surface area contributed by atoms with Crippen molar-refractivity contribution in [2.45, 2.75) is 46.5 Å². The van der Waals surface area contributed by atoms with Crippen LogP contribution < -0.4 is 0 Å². The topological polar surface area (TPSA) is 52.6 Å². The second-order valence-corrected chi connectivity index (χ2v) is 6.83. The van der Waals surface area contributed by atoms with Crippen LogP contribution in [0.15, 0.2) is 0 Å². The molecule has 0 saturated heterocycles. The molecule has 2 fully saturated rings. The highest BCUT2D eigenvalue weighted by Gasteiger charge is 2.43. The molecule has 0 spiro atoms. The lowest BCUT2D eigenvalue weighted by molar-refractivity contribution is -0.160. The van der Waals surface area contributed by atoms with E-state index in [9.17, 15) is 9.59 Å². The summed E-state index contributed by atoms with van der Waals surface area (Å²) in [6, 6.07) is 0. The van der Waals surface area contributed by atoms with E-state index >= 15 is 0 Å². The van der Waals surface area contributed by atoms with E-state index in [0.717, 1.165) is 12.3 Å². The minimum atomic E-state index is -0.505. The minimum Gasteiger partial charge on any atom is -0.462 e. The largest absolute Gasteiger partial charge is 0.462 e. The molecule has 3 atom stereocenters. The van der Waals surface area contributed by atoms with Crippen molar-refractivity contribution in [2.24, 2.45) is 23.2 Å². The maximum atomic E-state index is 11.9. The maximum Gasteiger partial charge on any atom is 0.311 e. The number of esters is 2. The number of ether oxygens (including phenoxy) is 2. The summed E-state index contributed by atoms with van der Waals surface area (Å²) in [7, 11) is 0. The SMILES string of the molecule is CC(C)(C)C(=O)OCCOC(=O)C1CC2CCC1C2. The Kier molecular flexibility index (Phi) is 4.16. The van der Waals surface area contributed by atoms with Gasteiger partial charge in [0.2, 0.25) is 0 Å². The van der Waals surface area contributed by atoms with E-state index in [4.69, 9.17) is 9.47 Å². The predicted octanol–water partition coefficient (Wildman–Crippen LogP) is 2.56. The van der Waals surface area contributed by atoms with Gasteiger partial charge in [-0.15, -0.1) is 0 Å². The lowest BCUT2D eigenvalue weighted by Crippen LogP contribution is -2.27. The first kappa shape index (κ1) is 14.4. The average Bonchev–Trinajstić information content (AvgIpc) is 2.94. The summed E-state index contributed by atoms with van der Waals surface area (Å²) >= 11 is 0. The molecule has 0 aromatic carbocycles. The van der Waals surface area contributed by atoms with Gasteiger partial charge in [-0.3, -0.25) is 9.59 Å². The molecule has 0 N–H and O–H groups in total. The third kappa shape index (κ3) is 3.48. The molecule has 0 aromatic heterocycles. The summed E-state index contributed by atoms with van der Waals surface area (Å²) < 4.78 is 10.3. The van der Waals surface area contributed by atoms with E-state index in [0.29, 0.717) is 5.92 Å². The monoisotopic (exact) mass is 268 g/mol. The van der Waals surface area contributed by atoms with Gasteiger partial charge in [0.1, 0.15) is 13.2 Å². The molecule has 108 valence electrons. The third-order valence-corrected chi connectivity index (χ3v) is 4.21. The van der Waals surface area contributed by atoms with Gasteiger partial charge in [0.05, 0.1) is 11.3 Å². The quantitative estimate of drug-likeness (QED) is 0.581. The Bertz CT molecular complexity index is 356. The molecule has 19 heavy (non-hydrogen) atoms. The van der Waals surface area contributed by atoms with Gasteiger partial charge in [0, 0.05) is 0 Å².